The van der Waals surface area contributed by atoms with E-state index in [4.69, 9.17) is 4.74 Å². The molecule has 1 atom stereocenters. The minimum atomic E-state index is -4.15. The van der Waals surface area contributed by atoms with Gasteiger partial charge in [-0.1, -0.05) is 50.9 Å². The van der Waals surface area contributed by atoms with Crippen molar-refractivity contribution in [3.63, 3.8) is 0 Å². The van der Waals surface area contributed by atoms with Gasteiger partial charge in [0.05, 0.1) is 17.2 Å². The van der Waals surface area contributed by atoms with E-state index in [0.29, 0.717) is 24.6 Å². The molecule has 0 aromatic heterocycles. The second-order valence-corrected chi connectivity index (χ2v) is 12.7. The van der Waals surface area contributed by atoms with Crippen molar-refractivity contribution in [2.24, 2.45) is 0 Å². The number of hydrogen-bond donors (Lipinski definition) is 1. The van der Waals surface area contributed by atoms with E-state index in [-0.39, 0.29) is 17.3 Å². The molecule has 40 heavy (non-hydrogen) atoms. The highest BCUT2D eigenvalue weighted by molar-refractivity contribution is 9.10. The topological polar surface area (TPSA) is 96.0 Å². The second-order valence-electron chi connectivity index (χ2n) is 9.01. The number of carbonyl (C=O) groups excluding carboxylic acids is 2. The minimum absolute atomic E-state index is 0.0329. The highest BCUT2D eigenvalue weighted by atomic mass is 79.9. The van der Waals surface area contributed by atoms with Crippen molar-refractivity contribution in [1.29, 1.82) is 0 Å². The van der Waals surface area contributed by atoms with Gasteiger partial charge in [-0.25, -0.2) is 8.42 Å². The van der Waals surface area contributed by atoms with Crippen molar-refractivity contribution >= 4 is 59.4 Å². The quantitative estimate of drug-likeness (QED) is 0.246. The summed E-state index contributed by atoms with van der Waals surface area (Å²) >= 11 is 6.75. The maximum absolute atomic E-state index is 13.9. The maximum Gasteiger partial charge on any atom is 0.264 e. The Morgan fingerprint density at radius 1 is 0.900 bits per heavy atom. The number of anilines is 1. The molecule has 0 fully saturated rings. The summed E-state index contributed by atoms with van der Waals surface area (Å²) in [7, 11) is -4.15. The van der Waals surface area contributed by atoms with Crippen molar-refractivity contribution in [2.75, 3.05) is 24.0 Å². The number of amides is 2. The fourth-order valence-electron chi connectivity index (χ4n) is 3.90. The second kappa shape index (κ2) is 14.7. The van der Waals surface area contributed by atoms with Crippen LogP contribution in [0.5, 0.6) is 5.75 Å². The largest absolute Gasteiger partial charge is 0.494 e. The molecule has 1 N–H and O–H groups in total. The molecule has 0 spiro atoms. The van der Waals surface area contributed by atoms with E-state index in [0.717, 1.165) is 25.2 Å². The zero-order valence-electron chi connectivity index (χ0n) is 22.6. The predicted octanol–water partition coefficient (Wildman–Crippen LogP) is 5.75. The number of nitrogens with one attached hydrogen (secondary N) is 1. The Bertz CT molecular complexity index is 1380. The van der Waals surface area contributed by atoms with Crippen LogP contribution in [0.25, 0.3) is 0 Å². The SMILES string of the molecule is CCCNC(=O)C(C)N(Cc1ccc(Br)cc1)C(=O)CN(c1ccc(OCC)cc1)S(=O)(=O)c1ccc(Br)cc1. The van der Waals surface area contributed by atoms with Gasteiger partial charge in [0.2, 0.25) is 11.8 Å². The van der Waals surface area contributed by atoms with E-state index in [1.807, 2.05) is 38.1 Å². The molecule has 8 nitrogen and oxygen atoms in total. The van der Waals surface area contributed by atoms with Crippen LogP contribution >= 0.6 is 31.9 Å². The fourth-order valence-corrected chi connectivity index (χ4v) is 5.85. The van der Waals surface area contributed by atoms with Gasteiger partial charge in [-0.15, -0.1) is 0 Å². The predicted molar refractivity (Wildman–Crippen MR) is 164 cm³/mol. The Kier molecular flexibility index (Phi) is 11.6. The van der Waals surface area contributed by atoms with Gasteiger partial charge in [-0.3, -0.25) is 13.9 Å². The van der Waals surface area contributed by atoms with E-state index in [1.165, 1.54) is 17.0 Å². The normalized spacial score (nSPS) is 11.9. The van der Waals surface area contributed by atoms with Crippen LogP contribution < -0.4 is 14.4 Å². The molecule has 3 aromatic rings. The maximum atomic E-state index is 13.9. The summed E-state index contributed by atoms with van der Waals surface area (Å²) in [6.07, 6.45) is 0.746. The van der Waals surface area contributed by atoms with Crippen molar-refractivity contribution < 1.29 is 22.7 Å². The fraction of sp³-hybridized carbons (Fsp3) is 0.310. The third-order valence-electron chi connectivity index (χ3n) is 6.10. The van der Waals surface area contributed by atoms with E-state index < -0.39 is 28.5 Å². The smallest absolute Gasteiger partial charge is 0.264 e. The van der Waals surface area contributed by atoms with Gasteiger partial charge in [0.1, 0.15) is 18.3 Å². The lowest BCUT2D eigenvalue weighted by Crippen LogP contribution is -2.51. The number of ether oxygens (including phenoxy) is 1. The molecular formula is C29H33Br2N3O5S. The monoisotopic (exact) mass is 693 g/mol. The Morgan fingerprint density at radius 2 is 1.48 bits per heavy atom. The minimum Gasteiger partial charge on any atom is -0.494 e. The first-order valence-electron chi connectivity index (χ1n) is 12.9. The van der Waals surface area contributed by atoms with Crippen molar-refractivity contribution in [3.8, 4) is 5.75 Å². The first-order valence-corrected chi connectivity index (χ1v) is 15.9. The van der Waals surface area contributed by atoms with Gasteiger partial charge in [0, 0.05) is 22.0 Å². The first-order chi connectivity index (χ1) is 19.1. The Balaban J connectivity index is 2.01. The van der Waals surface area contributed by atoms with Crippen LogP contribution in [-0.4, -0.2) is 50.9 Å². The lowest BCUT2D eigenvalue weighted by molar-refractivity contribution is -0.139. The zero-order chi connectivity index (χ0) is 29.3. The number of halogens is 2. The molecule has 11 heteroatoms. The number of nitrogens with zero attached hydrogens (tertiary/aromatic N) is 2. The van der Waals surface area contributed by atoms with Crippen molar-refractivity contribution in [1.82, 2.24) is 10.2 Å². The number of benzene rings is 3. The summed E-state index contributed by atoms with van der Waals surface area (Å²) in [6, 6.07) is 19.3. The molecule has 0 aliphatic carbocycles. The highest BCUT2D eigenvalue weighted by Gasteiger charge is 2.32. The number of hydrogen-bond acceptors (Lipinski definition) is 5. The standard InChI is InChI=1S/C29H33Br2N3O5S/c1-4-18-32-29(36)21(3)33(19-22-6-8-23(30)9-7-22)28(35)20-34(25-12-14-26(15-13-25)39-5-2)40(37,38)27-16-10-24(31)11-17-27/h6-17,21H,4-5,18-20H2,1-3H3,(H,32,36). The zero-order valence-corrected chi connectivity index (χ0v) is 26.6. The summed E-state index contributed by atoms with van der Waals surface area (Å²) in [5.41, 5.74) is 1.10. The molecule has 1 unspecified atom stereocenters. The molecule has 0 saturated carbocycles. The van der Waals surface area contributed by atoms with Crippen molar-refractivity contribution in [2.45, 2.75) is 44.7 Å². The number of carbonyl (C=O) groups is 2. The molecule has 214 valence electrons. The molecule has 0 aliphatic heterocycles. The van der Waals surface area contributed by atoms with Gasteiger partial charge in [0.25, 0.3) is 10.0 Å². The van der Waals surface area contributed by atoms with Gasteiger partial charge < -0.3 is 15.0 Å². The lowest BCUT2D eigenvalue weighted by Gasteiger charge is -2.32. The Labute approximate surface area is 253 Å². The van der Waals surface area contributed by atoms with Crippen LogP contribution in [0.15, 0.2) is 86.6 Å². The molecule has 2 amide bonds. The van der Waals surface area contributed by atoms with Crippen LogP contribution in [0.2, 0.25) is 0 Å². The van der Waals surface area contributed by atoms with E-state index in [2.05, 4.69) is 37.2 Å². The average molecular weight is 695 g/mol. The summed E-state index contributed by atoms with van der Waals surface area (Å²) in [4.78, 5) is 28.3. The lowest BCUT2D eigenvalue weighted by atomic mass is 10.1. The van der Waals surface area contributed by atoms with E-state index in [9.17, 15) is 18.0 Å². The first kappa shape index (κ1) is 31.6. The summed E-state index contributed by atoms with van der Waals surface area (Å²) in [6.45, 7) is 6.00. The highest BCUT2D eigenvalue weighted by Crippen LogP contribution is 2.27. The van der Waals surface area contributed by atoms with Crippen LogP contribution in [0, 0.1) is 0 Å². The molecule has 3 aromatic carbocycles. The number of rotatable bonds is 13. The molecule has 0 aliphatic rings. The van der Waals surface area contributed by atoms with Gasteiger partial charge in [0.15, 0.2) is 0 Å². The number of sulfonamides is 1. The van der Waals surface area contributed by atoms with Gasteiger partial charge in [-0.05, 0) is 86.5 Å². The Hall–Kier alpha value is -2.89. The van der Waals surface area contributed by atoms with Gasteiger partial charge in [-0.2, -0.15) is 0 Å². The molecule has 0 heterocycles. The van der Waals surface area contributed by atoms with Crippen LogP contribution in [0.3, 0.4) is 0 Å². The van der Waals surface area contributed by atoms with E-state index in [1.54, 1.807) is 43.3 Å². The third-order valence-corrected chi connectivity index (χ3v) is 8.94. The van der Waals surface area contributed by atoms with Crippen LogP contribution in [0.4, 0.5) is 5.69 Å². The average Bonchev–Trinajstić information content (AvgIpc) is 2.94. The molecular weight excluding hydrogens is 662 g/mol. The van der Waals surface area contributed by atoms with Crippen LogP contribution in [-0.2, 0) is 26.2 Å². The molecule has 0 saturated heterocycles. The molecule has 0 radical (unpaired) electrons. The van der Waals surface area contributed by atoms with Crippen molar-refractivity contribution in [3.05, 3.63) is 87.3 Å². The third kappa shape index (κ3) is 8.31. The molecule has 3 rings (SSSR count). The summed E-state index contributed by atoms with van der Waals surface area (Å²) in [5, 5.41) is 2.84. The summed E-state index contributed by atoms with van der Waals surface area (Å²) in [5.74, 6) is -0.246. The van der Waals surface area contributed by atoms with E-state index >= 15 is 0 Å². The molecule has 0 bridgehead atoms. The van der Waals surface area contributed by atoms with Gasteiger partial charge >= 0.3 is 0 Å². The van der Waals surface area contributed by atoms with Crippen LogP contribution in [0.1, 0.15) is 32.8 Å². The Morgan fingerprint density at radius 3 is 2.02 bits per heavy atom. The summed E-state index contributed by atoms with van der Waals surface area (Å²) < 4.78 is 35.9.